The zero-order valence-corrected chi connectivity index (χ0v) is 18.7. The van der Waals surface area contributed by atoms with Crippen LogP contribution in [0.25, 0.3) is 6.08 Å². The molecule has 2 unspecified atom stereocenters. The lowest BCUT2D eigenvalue weighted by molar-refractivity contribution is 0.0101. The molecule has 0 saturated carbocycles. The Labute approximate surface area is 190 Å². The molecule has 168 valence electrons. The molecule has 6 heteroatoms. The third kappa shape index (κ3) is 4.58. The van der Waals surface area contributed by atoms with Crippen LogP contribution in [0, 0.1) is 5.92 Å². The first kappa shape index (κ1) is 21.2. The van der Waals surface area contributed by atoms with Crippen molar-refractivity contribution >= 4 is 11.8 Å². The van der Waals surface area contributed by atoms with Crippen LogP contribution in [-0.2, 0) is 11.4 Å². The summed E-state index contributed by atoms with van der Waals surface area (Å²) in [5.41, 5.74) is 11.6. The molecule has 1 saturated heterocycles. The van der Waals surface area contributed by atoms with Crippen LogP contribution in [0.3, 0.4) is 0 Å². The SMILES string of the molecule is CC(=Cc1ccccc1)CN1CCN(CC2ON=C3c4ccc(CN)cc4OCC32)CC1. The van der Waals surface area contributed by atoms with Crippen LogP contribution in [-0.4, -0.2) is 67.5 Å². The van der Waals surface area contributed by atoms with Gasteiger partial charge in [0, 0.05) is 51.4 Å². The van der Waals surface area contributed by atoms with Crippen LogP contribution in [0.2, 0.25) is 0 Å². The van der Waals surface area contributed by atoms with E-state index in [9.17, 15) is 0 Å². The van der Waals surface area contributed by atoms with Gasteiger partial charge in [-0.2, -0.15) is 0 Å². The van der Waals surface area contributed by atoms with E-state index in [0.717, 1.165) is 61.9 Å². The van der Waals surface area contributed by atoms with Gasteiger partial charge < -0.3 is 15.3 Å². The summed E-state index contributed by atoms with van der Waals surface area (Å²) in [5.74, 6) is 1.07. The van der Waals surface area contributed by atoms with Gasteiger partial charge >= 0.3 is 0 Å². The molecule has 0 spiro atoms. The molecule has 32 heavy (non-hydrogen) atoms. The first-order valence-electron chi connectivity index (χ1n) is 11.6. The van der Waals surface area contributed by atoms with E-state index in [4.69, 9.17) is 15.3 Å². The van der Waals surface area contributed by atoms with Gasteiger partial charge in [0.15, 0.2) is 6.10 Å². The van der Waals surface area contributed by atoms with Crippen LogP contribution in [0.4, 0.5) is 0 Å². The molecular formula is C26H32N4O2. The Morgan fingerprint density at radius 1 is 1.09 bits per heavy atom. The molecule has 0 radical (unpaired) electrons. The predicted molar refractivity (Wildman–Crippen MR) is 128 cm³/mol. The molecule has 2 atom stereocenters. The molecule has 1 fully saturated rings. The highest BCUT2D eigenvalue weighted by atomic mass is 16.6. The Bertz CT molecular complexity index is 996. The smallest absolute Gasteiger partial charge is 0.151 e. The van der Waals surface area contributed by atoms with Gasteiger partial charge in [-0.1, -0.05) is 53.2 Å². The van der Waals surface area contributed by atoms with Gasteiger partial charge in [-0.05, 0) is 30.2 Å². The maximum atomic E-state index is 6.06. The summed E-state index contributed by atoms with van der Waals surface area (Å²) in [6.45, 7) is 9.53. The van der Waals surface area contributed by atoms with Crippen molar-refractivity contribution in [2.75, 3.05) is 45.9 Å². The van der Waals surface area contributed by atoms with E-state index < -0.39 is 0 Å². The molecule has 3 heterocycles. The Kier molecular flexibility index (Phi) is 6.26. The summed E-state index contributed by atoms with van der Waals surface area (Å²) >= 11 is 0. The van der Waals surface area contributed by atoms with Gasteiger partial charge in [-0.15, -0.1) is 0 Å². The van der Waals surface area contributed by atoms with Gasteiger partial charge in [0.2, 0.25) is 0 Å². The topological polar surface area (TPSA) is 63.3 Å². The summed E-state index contributed by atoms with van der Waals surface area (Å²) < 4.78 is 6.06. The lowest BCUT2D eigenvalue weighted by Crippen LogP contribution is -2.50. The van der Waals surface area contributed by atoms with Crippen LogP contribution in [0.1, 0.15) is 23.6 Å². The zero-order chi connectivity index (χ0) is 21.9. The Morgan fingerprint density at radius 3 is 2.66 bits per heavy atom. The van der Waals surface area contributed by atoms with Crippen molar-refractivity contribution in [3.63, 3.8) is 0 Å². The number of hydrogen-bond donors (Lipinski definition) is 1. The van der Waals surface area contributed by atoms with Crippen molar-refractivity contribution in [3.8, 4) is 5.75 Å². The highest BCUT2D eigenvalue weighted by molar-refractivity contribution is 6.06. The predicted octanol–water partition coefficient (Wildman–Crippen LogP) is 2.98. The average molecular weight is 433 g/mol. The van der Waals surface area contributed by atoms with Gasteiger partial charge in [0.05, 0.1) is 5.92 Å². The number of nitrogens with two attached hydrogens (primary N) is 1. The fourth-order valence-electron chi connectivity index (χ4n) is 4.86. The molecular weight excluding hydrogens is 400 g/mol. The van der Waals surface area contributed by atoms with Crippen molar-refractivity contribution in [2.24, 2.45) is 16.8 Å². The van der Waals surface area contributed by atoms with Gasteiger partial charge in [0.1, 0.15) is 18.1 Å². The normalized spacial score (nSPS) is 23.7. The van der Waals surface area contributed by atoms with Crippen LogP contribution >= 0.6 is 0 Å². The minimum Gasteiger partial charge on any atom is -0.492 e. The summed E-state index contributed by atoms with van der Waals surface area (Å²) in [6.07, 6.45) is 2.34. The number of nitrogens with zero attached hydrogens (tertiary/aromatic N) is 3. The molecule has 2 N–H and O–H groups in total. The first-order chi connectivity index (χ1) is 15.7. The second kappa shape index (κ2) is 9.45. The van der Waals surface area contributed by atoms with E-state index in [0.29, 0.717) is 13.2 Å². The number of benzene rings is 2. The van der Waals surface area contributed by atoms with Crippen LogP contribution in [0.5, 0.6) is 5.75 Å². The molecule has 2 aromatic rings. The third-order valence-electron chi connectivity index (χ3n) is 6.65. The molecule has 3 aliphatic rings. The lowest BCUT2D eigenvalue weighted by atomic mass is 9.89. The third-order valence-corrected chi connectivity index (χ3v) is 6.65. The minimum absolute atomic E-state index is 0.0543. The van der Waals surface area contributed by atoms with Gasteiger partial charge in [-0.25, -0.2) is 0 Å². The van der Waals surface area contributed by atoms with E-state index in [1.54, 1.807) is 0 Å². The molecule has 0 aliphatic carbocycles. The summed E-state index contributed by atoms with van der Waals surface area (Å²) in [7, 11) is 0. The Balaban J connectivity index is 1.13. The van der Waals surface area contributed by atoms with Crippen molar-refractivity contribution in [2.45, 2.75) is 19.6 Å². The molecule has 3 aliphatic heterocycles. The standard InChI is InChI=1S/C26H32N4O2/c1-19(13-20-5-3-2-4-6-20)16-29-9-11-30(12-10-29)17-25-23-18-31-24-14-21(15-27)7-8-22(24)26(23)28-32-25/h2-8,13-14,23,25H,9-12,15-18,27H2,1H3. The number of oxime groups is 1. The molecule has 6 nitrogen and oxygen atoms in total. The lowest BCUT2D eigenvalue weighted by Gasteiger charge is -2.36. The monoisotopic (exact) mass is 432 g/mol. The molecule has 5 rings (SSSR count). The number of fused-ring (bicyclic) bond motifs is 3. The maximum Gasteiger partial charge on any atom is 0.151 e. The van der Waals surface area contributed by atoms with Gasteiger partial charge in [0.25, 0.3) is 0 Å². The fourth-order valence-corrected chi connectivity index (χ4v) is 4.86. The number of hydrogen-bond acceptors (Lipinski definition) is 6. The fraction of sp³-hybridized carbons (Fsp3) is 0.423. The summed E-state index contributed by atoms with van der Waals surface area (Å²) in [5, 5.41) is 4.46. The van der Waals surface area contributed by atoms with E-state index >= 15 is 0 Å². The summed E-state index contributed by atoms with van der Waals surface area (Å²) in [4.78, 5) is 10.9. The molecule has 0 amide bonds. The highest BCUT2D eigenvalue weighted by Crippen LogP contribution is 2.34. The number of ether oxygens (including phenoxy) is 1. The minimum atomic E-state index is 0.0543. The maximum absolute atomic E-state index is 6.06. The van der Waals surface area contributed by atoms with Crippen molar-refractivity contribution < 1.29 is 9.57 Å². The quantitative estimate of drug-likeness (QED) is 0.760. The average Bonchev–Trinajstić information content (AvgIpc) is 3.23. The zero-order valence-electron chi connectivity index (χ0n) is 18.7. The number of rotatable bonds is 6. The van der Waals surface area contributed by atoms with Crippen molar-refractivity contribution in [1.82, 2.24) is 9.80 Å². The Morgan fingerprint density at radius 2 is 1.88 bits per heavy atom. The molecule has 0 bridgehead atoms. The molecule has 0 aromatic heterocycles. The van der Waals surface area contributed by atoms with E-state index in [-0.39, 0.29) is 12.0 Å². The van der Waals surface area contributed by atoms with E-state index in [2.05, 4.69) is 64.4 Å². The molecule has 2 aromatic carbocycles. The van der Waals surface area contributed by atoms with Crippen molar-refractivity contribution in [3.05, 3.63) is 70.8 Å². The van der Waals surface area contributed by atoms with Crippen molar-refractivity contribution in [1.29, 1.82) is 0 Å². The second-order valence-corrected chi connectivity index (χ2v) is 9.05. The Hall–Kier alpha value is -2.67. The number of piperazine rings is 1. The highest BCUT2D eigenvalue weighted by Gasteiger charge is 2.40. The van der Waals surface area contributed by atoms with Crippen LogP contribution in [0.15, 0.2) is 59.3 Å². The summed E-state index contributed by atoms with van der Waals surface area (Å²) in [6, 6.07) is 16.7. The first-order valence-corrected chi connectivity index (χ1v) is 11.6. The second-order valence-electron chi connectivity index (χ2n) is 9.05. The van der Waals surface area contributed by atoms with E-state index in [1.807, 2.05) is 12.1 Å². The van der Waals surface area contributed by atoms with E-state index in [1.165, 1.54) is 11.1 Å². The largest absolute Gasteiger partial charge is 0.492 e. The van der Waals surface area contributed by atoms with Crippen LogP contribution < -0.4 is 10.5 Å². The van der Waals surface area contributed by atoms with Gasteiger partial charge in [-0.3, -0.25) is 9.80 Å².